The van der Waals surface area contributed by atoms with Gasteiger partial charge in [-0.25, -0.2) is 0 Å². The first-order valence-electron chi connectivity index (χ1n) is 9.14. The Morgan fingerprint density at radius 1 is 0.963 bits per heavy atom. The van der Waals surface area contributed by atoms with E-state index in [1.165, 1.54) is 5.56 Å². The van der Waals surface area contributed by atoms with Crippen LogP contribution in [-0.2, 0) is 17.9 Å². The van der Waals surface area contributed by atoms with Crippen molar-refractivity contribution in [3.05, 3.63) is 65.7 Å². The Bertz CT molecular complexity index is 747. The number of carbonyl (C=O) groups excluding carboxylic acids is 1. The molecule has 1 saturated heterocycles. The number of hydrogen-bond donors (Lipinski definition) is 2. The van der Waals surface area contributed by atoms with Crippen LogP contribution in [0.1, 0.15) is 30.4 Å². The maximum atomic E-state index is 12.0. The maximum absolute atomic E-state index is 12.0. The largest absolute Gasteiger partial charge is 0.352 e. The van der Waals surface area contributed by atoms with Crippen LogP contribution in [0.2, 0.25) is 0 Å². The number of benzene rings is 2. The zero-order valence-corrected chi connectivity index (χ0v) is 18.0. The number of nitrogens with zero attached hydrogens (tertiary/aromatic N) is 2. The number of carbonyl (C=O) groups is 1. The van der Waals surface area contributed by atoms with E-state index in [1.54, 1.807) is 7.05 Å². The third-order valence-corrected chi connectivity index (χ3v) is 4.56. The molecular weight excluding hydrogens is 451 g/mol. The summed E-state index contributed by atoms with van der Waals surface area (Å²) >= 11 is 0. The molecule has 2 aromatic rings. The molecule has 1 fully saturated rings. The van der Waals surface area contributed by atoms with Gasteiger partial charge < -0.3 is 15.5 Å². The summed E-state index contributed by atoms with van der Waals surface area (Å²) in [6.45, 7) is 2.24. The first kappa shape index (κ1) is 21.2. The molecule has 1 aliphatic heterocycles. The van der Waals surface area contributed by atoms with Crippen molar-refractivity contribution in [3.63, 3.8) is 0 Å². The Hall–Kier alpha value is -2.09. The molecule has 0 spiro atoms. The molecule has 0 unspecified atom stereocenters. The fraction of sp³-hybridized carbons (Fsp3) is 0.333. The molecule has 1 amide bonds. The standard InChI is InChI=1S/C21H26N4O.HI/c1-22-21(23-15-17-7-3-2-4-8-17)24-16-18-10-12-19(13-11-18)25-14-6-5-9-20(25)26;/h2-4,7-8,10-13H,5-6,9,14-16H2,1H3,(H2,22,23,24);1H. The fourth-order valence-electron chi connectivity index (χ4n) is 3.06. The molecule has 1 heterocycles. The number of aliphatic imine (C=N–C) groups is 1. The number of anilines is 1. The van der Waals surface area contributed by atoms with E-state index < -0.39 is 0 Å². The van der Waals surface area contributed by atoms with E-state index in [-0.39, 0.29) is 29.9 Å². The summed E-state index contributed by atoms with van der Waals surface area (Å²) in [5.74, 6) is 0.997. The first-order chi connectivity index (χ1) is 12.8. The van der Waals surface area contributed by atoms with Crippen LogP contribution < -0.4 is 15.5 Å². The van der Waals surface area contributed by atoms with Crippen LogP contribution in [0.25, 0.3) is 0 Å². The molecule has 0 aliphatic carbocycles. The maximum Gasteiger partial charge on any atom is 0.226 e. The number of halogens is 1. The first-order valence-corrected chi connectivity index (χ1v) is 9.14. The molecule has 0 aromatic heterocycles. The molecule has 2 N–H and O–H groups in total. The lowest BCUT2D eigenvalue weighted by molar-refractivity contribution is -0.119. The number of nitrogens with one attached hydrogen (secondary N) is 2. The van der Waals surface area contributed by atoms with Crippen LogP contribution in [-0.4, -0.2) is 25.5 Å². The van der Waals surface area contributed by atoms with Crippen LogP contribution in [0.3, 0.4) is 0 Å². The average Bonchev–Trinajstić information content (AvgIpc) is 2.70. The summed E-state index contributed by atoms with van der Waals surface area (Å²) < 4.78 is 0. The minimum Gasteiger partial charge on any atom is -0.352 e. The van der Waals surface area contributed by atoms with E-state index in [4.69, 9.17) is 0 Å². The van der Waals surface area contributed by atoms with Crippen molar-refractivity contribution in [1.82, 2.24) is 10.6 Å². The molecule has 0 radical (unpaired) electrons. The highest BCUT2D eigenvalue weighted by Gasteiger charge is 2.19. The van der Waals surface area contributed by atoms with Crippen molar-refractivity contribution in [2.75, 3.05) is 18.5 Å². The summed E-state index contributed by atoms with van der Waals surface area (Å²) in [7, 11) is 1.77. The summed E-state index contributed by atoms with van der Waals surface area (Å²) in [6.07, 6.45) is 2.75. The molecule has 1 aliphatic rings. The second kappa shape index (κ2) is 10.9. The Labute approximate surface area is 178 Å². The molecule has 144 valence electrons. The number of hydrogen-bond acceptors (Lipinski definition) is 2. The Morgan fingerprint density at radius 2 is 1.59 bits per heavy atom. The van der Waals surface area contributed by atoms with Crippen LogP contribution in [0.4, 0.5) is 5.69 Å². The summed E-state index contributed by atoms with van der Waals surface area (Å²) in [5.41, 5.74) is 3.36. The molecule has 0 atom stereocenters. The topological polar surface area (TPSA) is 56.7 Å². The van der Waals surface area contributed by atoms with E-state index in [0.717, 1.165) is 43.1 Å². The van der Waals surface area contributed by atoms with E-state index in [2.05, 4.69) is 39.9 Å². The van der Waals surface area contributed by atoms with Crippen molar-refractivity contribution in [2.24, 2.45) is 4.99 Å². The van der Waals surface area contributed by atoms with Gasteiger partial charge in [-0.3, -0.25) is 9.79 Å². The van der Waals surface area contributed by atoms with Gasteiger partial charge in [0.1, 0.15) is 0 Å². The molecule has 0 saturated carbocycles. The SMILES string of the molecule is CN=C(NCc1ccccc1)NCc1ccc(N2CCCCC2=O)cc1.I. The van der Waals surface area contributed by atoms with Crippen molar-refractivity contribution < 1.29 is 4.79 Å². The van der Waals surface area contributed by atoms with Gasteiger partial charge in [0.2, 0.25) is 5.91 Å². The molecule has 27 heavy (non-hydrogen) atoms. The van der Waals surface area contributed by atoms with E-state index >= 15 is 0 Å². The van der Waals surface area contributed by atoms with Crippen LogP contribution in [0, 0.1) is 0 Å². The van der Waals surface area contributed by atoms with Gasteiger partial charge in [-0.15, -0.1) is 24.0 Å². The Kier molecular flexibility index (Phi) is 8.57. The minimum absolute atomic E-state index is 0. The summed E-state index contributed by atoms with van der Waals surface area (Å²) in [4.78, 5) is 18.2. The van der Waals surface area contributed by atoms with E-state index in [1.807, 2.05) is 35.2 Å². The van der Waals surface area contributed by atoms with Gasteiger partial charge in [0, 0.05) is 38.8 Å². The third kappa shape index (κ3) is 6.23. The fourth-order valence-corrected chi connectivity index (χ4v) is 3.06. The number of amides is 1. The zero-order chi connectivity index (χ0) is 18.2. The molecule has 0 bridgehead atoms. The normalized spacial score (nSPS) is 14.5. The second-order valence-corrected chi connectivity index (χ2v) is 6.43. The second-order valence-electron chi connectivity index (χ2n) is 6.43. The van der Waals surface area contributed by atoms with Crippen LogP contribution in [0.5, 0.6) is 0 Å². The van der Waals surface area contributed by atoms with Crippen molar-refractivity contribution in [1.29, 1.82) is 0 Å². The lowest BCUT2D eigenvalue weighted by Gasteiger charge is -2.26. The van der Waals surface area contributed by atoms with Crippen molar-refractivity contribution in [3.8, 4) is 0 Å². The molecule has 5 nitrogen and oxygen atoms in total. The molecule has 2 aromatic carbocycles. The lowest BCUT2D eigenvalue weighted by Crippen LogP contribution is -2.36. The highest BCUT2D eigenvalue weighted by molar-refractivity contribution is 14.0. The predicted molar refractivity (Wildman–Crippen MR) is 122 cm³/mol. The average molecular weight is 478 g/mol. The van der Waals surface area contributed by atoms with Crippen LogP contribution in [0.15, 0.2) is 59.6 Å². The van der Waals surface area contributed by atoms with E-state index in [0.29, 0.717) is 13.0 Å². The zero-order valence-electron chi connectivity index (χ0n) is 15.6. The van der Waals surface area contributed by atoms with Gasteiger partial charge in [-0.05, 0) is 36.1 Å². The Morgan fingerprint density at radius 3 is 2.19 bits per heavy atom. The number of guanidine groups is 1. The highest BCUT2D eigenvalue weighted by Crippen LogP contribution is 2.21. The highest BCUT2D eigenvalue weighted by atomic mass is 127. The number of rotatable bonds is 5. The molecular formula is C21H27IN4O. The van der Waals surface area contributed by atoms with Gasteiger partial charge in [0.15, 0.2) is 5.96 Å². The monoisotopic (exact) mass is 478 g/mol. The van der Waals surface area contributed by atoms with Gasteiger partial charge in [-0.2, -0.15) is 0 Å². The quantitative estimate of drug-likeness (QED) is 0.392. The summed E-state index contributed by atoms with van der Waals surface area (Å²) in [6, 6.07) is 18.4. The van der Waals surface area contributed by atoms with Crippen molar-refractivity contribution in [2.45, 2.75) is 32.4 Å². The summed E-state index contributed by atoms with van der Waals surface area (Å²) in [5, 5.41) is 6.63. The van der Waals surface area contributed by atoms with Gasteiger partial charge >= 0.3 is 0 Å². The van der Waals surface area contributed by atoms with Gasteiger partial charge in [-0.1, -0.05) is 42.5 Å². The van der Waals surface area contributed by atoms with E-state index in [9.17, 15) is 4.79 Å². The number of piperidine rings is 1. The molecule has 6 heteroatoms. The van der Waals surface area contributed by atoms with Gasteiger partial charge in [0.05, 0.1) is 0 Å². The Balaban J connectivity index is 0.00000261. The minimum atomic E-state index is 0. The lowest BCUT2D eigenvalue weighted by atomic mass is 10.1. The predicted octanol–water partition coefficient (Wildman–Crippen LogP) is 3.69. The van der Waals surface area contributed by atoms with Gasteiger partial charge in [0.25, 0.3) is 0 Å². The smallest absolute Gasteiger partial charge is 0.226 e. The third-order valence-electron chi connectivity index (χ3n) is 4.56. The van der Waals surface area contributed by atoms with Crippen molar-refractivity contribution >= 4 is 41.5 Å². The molecule has 3 rings (SSSR count). The van der Waals surface area contributed by atoms with Crippen LogP contribution >= 0.6 is 24.0 Å².